The lowest BCUT2D eigenvalue weighted by Gasteiger charge is -2.18. The molecule has 5 heteroatoms. The Morgan fingerprint density at radius 3 is 2.68 bits per heavy atom. The molecule has 3 nitrogen and oxygen atoms in total. The number of rotatable bonds is 5. The lowest BCUT2D eigenvalue weighted by atomic mass is 10.2. The number of halogens is 1. The number of aromatic nitrogens is 1. The highest BCUT2D eigenvalue weighted by molar-refractivity contribution is 7.09. The molecule has 0 N–H and O–H groups in total. The zero-order valence-electron chi connectivity index (χ0n) is 14.6. The average molecular weight is 373 g/mol. The maximum Gasteiger partial charge on any atom is 0.255 e. The topological polar surface area (TPSA) is 25.2 Å². The van der Waals surface area contributed by atoms with Crippen LogP contribution < -0.4 is 0 Å². The van der Waals surface area contributed by atoms with Crippen LogP contribution in [0.4, 0.5) is 0 Å². The minimum Gasteiger partial charge on any atom is -0.343 e. The Kier molecular flexibility index (Phi) is 5.30. The van der Waals surface area contributed by atoms with Crippen molar-refractivity contribution < 1.29 is 4.79 Å². The Morgan fingerprint density at radius 2 is 2.00 bits per heavy atom. The van der Waals surface area contributed by atoms with Crippen LogP contribution in [-0.2, 0) is 13.1 Å². The summed E-state index contributed by atoms with van der Waals surface area (Å²) < 4.78 is 2.20. The van der Waals surface area contributed by atoms with Crippen molar-refractivity contribution in [3.05, 3.63) is 80.3 Å². The second kappa shape index (κ2) is 7.46. The maximum absolute atomic E-state index is 12.9. The van der Waals surface area contributed by atoms with Gasteiger partial charge in [-0.2, -0.15) is 0 Å². The van der Waals surface area contributed by atoms with Crippen LogP contribution >= 0.6 is 22.9 Å². The number of benzene rings is 1. The smallest absolute Gasteiger partial charge is 0.255 e. The largest absolute Gasteiger partial charge is 0.343 e. The highest BCUT2D eigenvalue weighted by Gasteiger charge is 2.19. The van der Waals surface area contributed by atoms with E-state index in [-0.39, 0.29) is 5.91 Å². The number of nitrogens with zero attached hydrogens (tertiary/aromatic N) is 2. The summed E-state index contributed by atoms with van der Waals surface area (Å²) >= 11 is 7.77. The van der Waals surface area contributed by atoms with E-state index in [2.05, 4.69) is 22.1 Å². The van der Waals surface area contributed by atoms with E-state index in [1.807, 2.05) is 51.2 Å². The summed E-state index contributed by atoms with van der Waals surface area (Å²) in [6, 6.07) is 13.8. The molecule has 1 aromatic carbocycles. The number of hydrogen-bond donors (Lipinski definition) is 0. The molecule has 0 saturated carbocycles. The lowest BCUT2D eigenvalue weighted by Crippen LogP contribution is -2.26. The van der Waals surface area contributed by atoms with E-state index in [4.69, 9.17) is 11.6 Å². The van der Waals surface area contributed by atoms with Crippen LogP contribution in [0.1, 0.15) is 32.2 Å². The van der Waals surface area contributed by atoms with Crippen molar-refractivity contribution in [1.82, 2.24) is 9.47 Å². The van der Waals surface area contributed by atoms with Crippen LogP contribution in [-0.4, -0.2) is 22.4 Å². The SMILES string of the molecule is Cc1cc(C(=O)N(C)Cc2cccc(Cl)c2)c(C)n1Cc1cccs1. The molecular formula is C20H21ClN2OS. The van der Waals surface area contributed by atoms with E-state index >= 15 is 0 Å². The third kappa shape index (κ3) is 3.97. The normalized spacial score (nSPS) is 10.9. The summed E-state index contributed by atoms with van der Waals surface area (Å²) in [5, 5.41) is 2.77. The third-order valence-electron chi connectivity index (χ3n) is 4.35. The molecule has 1 amide bonds. The molecule has 0 aliphatic heterocycles. The maximum atomic E-state index is 12.9. The van der Waals surface area contributed by atoms with Crippen molar-refractivity contribution in [3.63, 3.8) is 0 Å². The molecule has 0 atom stereocenters. The monoisotopic (exact) mass is 372 g/mol. The first-order valence-corrected chi connectivity index (χ1v) is 9.40. The molecule has 2 aromatic heterocycles. The quantitative estimate of drug-likeness (QED) is 0.608. The van der Waals surface area contributed by atoms with Gasteiger partial charge in [-0.25, -0.2) is 0 Å². The van der Waals surface area contributed by atoms with Crippen LogP contribution in [0.3, 0.4) is 0 Å². The molecule has 0 aliphatic rings. The zero-order valence-corrected chi connectivity index (χ0v) is 16.2. The van der Waals surface area contributed by atoms with E-state index in [0.717, 1.165) is 29.1 Å². The van der Waals surface area contributed by atoms with E-state index < -0.39 is 0 Å². The van der Waals surface area contributed by atoms with Gasteiger partial charge in [0.15, 0.2) is 0 Å². The van der Waals surface area contributed by atoms with Gasteiger partial charge in [0.05, 0.1) is 12.1 Å². The number of aryl methyl sites for hydroxylation is 1. The van der Waals surface area contributed by atoms with Crippen LogP contribution in [0.2, 0.25) is 5.02 Å². The van der Waals surface area contributed by atoms with Crippen molar-refractivity contribution in [3.8, 4) is 0 Å². The second-order valence-corrected chi connectivity index (χ2v) is 7.71. The molecule has 0 bridgehead atoms. The molecule has 0 saturated heterocycles. The van der Waals surface area contributed by atoms with Crippen LogP contribution in [0.15, 0.2) is 47.8 Å². The lowest BCUT2D eigenvalue weighted by molar-refractivity contribution is 0.0784. The minimum atomic E-state index is 0.0329. The van der Waals surface area contributed by atoms with Gasteiger partial charge in [-0.15, -0.1) is 11.3 Å². The highest BCUT2D eigenvalue weighted by Crippen LogP contribution is 2.21. The summed E-state index contributed by atoms with van der Waals surface area (Å²) in [7, 11) is 1.83. The summed E-state index contributed by atoms with van der Waals surface area (Å²) in [5.74, 6) is 0.0329. The molecule has 0 radical (unpaired) electrons. The first-order valence-electron chi connectivity index (χ1n) is 8.14. The Morgan fingerprint density at radius 1 is 1.20 bits per heavy atom. The molecule has 130 valence electrons. The van der Waals surface area contributed by atoms with Crippen molar-refractivity contribution >= 4 is 28.8 Å². The Hall–Kier alpha value is -2.04. The summed E-state index contributed by atoms with van der Waals surface area (Å²) in [4.78, 5) is 15.9. The standard InChI is InChI=1S/C20H21ClN2OS/c1-14-10-19(15(2)23(14)13-18-8-5-9-25-18)20(24)22(3)12-16-6-4-7-17(21)11-16/h4-11H,12-13H2,1-3H3. The number of amides is 1. The van der Waals surface area contributed by atoms with Crippen LogP contribution in [0, 0.1) is 13.8 Å². The minimum absolute atomic E-state index is 0.0329. The average Bonchev–Trinajstić information content (AvgIpc) is 3.18. The fourth-order valence-corrected chi connectivity index (χ4v) is 3.91. The van der Waals surface area contributed by atoms with Crippen molar-refractivity contribution in [1.29, 1.82) is 0 Å². The van der Waals surface area contributed by atoms with Crippen molar-refractivity contribution in [2.45, 2.75) is 26.9 Å². The molecule has 3 rings (SSSR count). The zero-order chi connectivity index (χ0) is 18.0. The molecule has 0 spiro atoms. The highest BCUT2D eigenvalue weighted by atomic mass is 35.5. The van der Waals surface area contributed by atoms with Gasteiger partial charge in [0.1, 0.15) is 0 Å². The first kappa shape index (κ1) is 17.8. The van der Waals surface area contributed by atoms with E-state index in [1.165, 1.54) is 4.88 Å². The van der Waals surface area contributed by atoms with Gasteiger partial charge in [-0.3, -0.25) is 4.79 Å². The fourth-order valence-electron chi connectivity index (χ4n) is 3.01. The summed E-state index contributed by atoms with van der Waals surface area (Å²) in [5.41, 5.74) is 3.90. The Labute approximate surface area is 157 Å². The molecule has 25 heavy (non-hydrogen) atoms. The number of carbonyl (C=O) groups excluding carboxylic acids is 1. The molecule has 0 unspecified atom stereocenters. The molecule has 2 heterocycles. The predicted octanol–water partition coefficient (Wildman–Crippen LogP) is 5.14. The van der Waals surface area contributed by atoms with Gasteiger partial charge >= 0.3 is 0 Å². The van der Waals surface area contributed by atoms with Crippen LogP contribution in [0.5, 0.6) is 0 Å². The third-order valence-corrected chi connectivity index (χ3v) is 5.45. The van der Waals surface area contributed by atoms with E-state index in [9.17, 15) is 4.79 Å². The number of carbonyl (C=O) groups is 1. The molecule has 3 aromatic rings. The van der Waals surface area contributed by atoms with Gasteiger partial charge in [0.2, 0.25) is 0 Å². The fraction of sp³-hybridized carbons (Fsp3) is 0.250. The van der Waals surface area contributed by atoms with Gasteiger partial charge in [0, 0.05) is 34.9 Å². The number of thiophene rings is 1. The number of hydrogen-bond acceptors (Lipinski definition) is 2. The molecule has 0 aliphatic carbocycles. The van der Waals surface area contributed by atoms with E-state index in [1.54, 1.807) is 16.2 Å². The van der Waals surface area contributed by atoms with Gasteiger partial charge in [-0.1, -0.05) is 29.8 Å². The molecular weight excluding hydrogens is 352 g/mol. The second-order valence-electron chi connectivity index (χ2n) is 6.24. The Bertz CT molecular complexity index is 883. The molecule has 0 fully saturated rings. The van der Waals surface area contributed by atoms with Gasteiger partial charge < -0.3 is 9.47 Å². The van der Waals surface area contributed by atoms with Crippen molar-refractivity contribution in [2.24, 2.45) is 0 Å². The van der Waals surface area contributed by atoms with Crippen molar-refractivity contribution in [2.75, 3.05) is 7.05 Å². The summed E-state index contributed by atoms with van der Waals surface area (Å²) in [6.45, 7) is 5.41. The van der Waals surface area contributed by atoms with Gasteiger partial charge in [0.25, 0.3) is 5.91 Å². The van der Waals surface area contributed by atoms with Gasteiger partial charge in [-0.05, 0) is 49.1 Å². The van der Waals surface area contributed by atoms with Crippen LogP contribution in [0.25, 0.3) is 0 Å². The first-order chi connectivity index (χ1) is 12.0. The summed E-state index contributed by atoms with van der Waals surface area (Å²) in [6.07, 6.45) is 0. The van der Waals surface area contributed by atoms with E-state index in [0.29, 0.717) is 11.6 Å². The predicted molar refractivity (Wildman–Crippen MR) is 105 cm³/mol. The Balaban J connectivity index is 1.80.